The van der Waals surface area contributed by atoms with Gasteiger partial charge in [0.15, 0.2) is 0 Å². The van der Waals surface area contributed by atoms with Gasteiger partial charge in [0.1, 0.15) is 0 Å². The summed E-state index contributed by atoms with van der Waals surface area (Å²) in [6.07, 6.45) is 5.13. The average Bonchev–Trinajstić information content (AvgIpc) is 2.39. The maximum Gasteiger partial charge on any atom is 0.252 e. The van der Waals surface area contributed by atoms with Gasteiger partial charge in [-0.2, -0.15) is 0 Å². The first-order chi connectivity index (χ1) is 9.06. The number of hydrogen-bond donors (Lipinski definition) is 1. The second-order valence-electron chi connectivity index (χ2n) is 5.47. The first-order valence-electron chi connectivity index (χ1n) is 6.79. The summed E-state index contributed by atoms with van der Waals surface area (Å²) in [4.78, 5) is 12.2. The molecular formula is C15H19BrINO. The summed E-state index contributed by atoms with van der Waals surface area (Å²) in [5, 5.41) is 3.08. The molecule has 2 atom stereocenters. The molecule has 0 radical (unpaired) electrons. The lowest BCUT2D eigenvalue weighted by Gasteiger charge is -2.26. The summed E-state index contributed by atoms with van der Waals surface area (Å²) in [5.74, 6) is 1.48. The number of hydrogen-bond acceptors (Lipinski definition) is 1. The van der Waals surface area contributed by atoms with E-state index >= 15 is 0 Å². The number of carbonyl (C=O) groups is 1. The van der Waals surface area contributed by atoms with Crippen molar-refractivity contribution in [2.75, 3.05) is 6.54 Å². The predicted octanol–water partition coefficient (Wildman–Crippen LogP) is 4.61. The molecular weight excluding hydrogens is 417 g/mol. The molecule has 0 aromatic heterocycles. The van der Waals surface area contributed by atoms with E-state index in [0.29, 0.717) is 5.92 Å². The van der Waals surface area contributed by atoms with Crippen LogP contribution in [0.4, 0.5) is 0 Å². The van der Waals surface area contributed by atoms with Crippen LogP contribution in [-0.4, -0.2) is 12.5 Å². The lowest BCUT2D eigenvalue weighted by atomic mass is 9.82. The van der Waals surface area contributed by atoms with E-state index in [1.54, 1.807) is 0 Å². The number of amides is 1. The van der Waals surface area contributed by atoms with Gasteiger partial charge in [0.25, 0.3) is 5.91 Å². The second-order valence-corrected chi connectivity index (χ2v) is 7.57. The highest BCUT2D eigenvalue weighted by Gasteiger charge is 2.20. The van der Waals surface area contributed by atoms with E-state index in [-0.39, 0.29) is 5.91 Å². The van der Waals surface area contributed by atoms with Crippen molar-refractivity contribution in [3.8, 4) is 0 Å². The number of rotatable bonds is 3. The van der Waals surface area contributed by atoms with Gasteiger partial charge in [0, 0.05) is 14.6 Å². The Hall–Kier alpha value is -0.100. The quantitative estimate of drug-likeness (QED) is 0.690. The largest absolute Gasteiger partial charge is 0.352 e. The molecule has 1 aliphatic carbocycles. The Morgan fingerprint density at radius 3 is 3.00 bits per heavy atom. The Balaban J connectivity index is 1.92. The van der Waals surface area contributed by atoms with E-state index < -0.39 is 0 Å². The zero-order valence-electron chi connectivity index (χ0n) is 11.1. The van der Waals surface area contributed by atoms with Crippen molar-refractivity contribution >= 4 is 44.4 Å². The van der Waals surface area contributed by atoms with E-state index in [0.717, 1.165) is 26.1 Å². The molecule has 1 amide bonds. The molecule has 0 heterocycles. The normalized spacial score (nSPS) is 23.1. The zero-order chi connectivity index (χ0) is 13.8. The number of benzene rings is 1. The van der Waals surface area contributed by atoms with Crippen molar-refractivity contribution in [1.29, 1.82) is 0 Å². The van der Waals surface area contributed by atoms with Crippen LogP contribution in [-0.2, 0) is 0 Å². The minimum Gasteiger partial charge on any atom is -0.352 e. The van der Waals surface area contributed by atoms with Crippen molar-refractivity contribution in [2.24, 2.45) is 11.8 Å². The van der Waals surface area contributed by atoms with Crippen LogP contribution in [0.25, 0.3) is 0 Å². The van der Waals surface area contributed by atoms with Gasteiger partial charge in [0.2, 0.25) is 0 Å². The Bertz CT molecular complexity index is 463. The second kappa shape index (κ2) is 7.07. The topological polar surface area (TPSA) is 29.1 Å². The van der Waals surface area contributed by atoms with Crippen LogP contribution < -0.4 is 5.32 Å². The minimum atomic E-state index is 0.0311. The third-order valence-electron chi connectivity index (χ3n) is 3.77. The zero-order valence-corrected chi connectivity index (χ0v) is 14.8. The highest BCUT2D eigenvalue weighted by Crippen LogP contribution is 2.28. The number of halogens is 2. The SMILES string of the molecule is CC1CCCC(CNC(=O)c2cc(I)ccc2Br)C1. The number of carbonyl (C=O) groups excluding carboxylic acids is 1. The Morgan fingerprint density at radius 1 is 1.47 bits per heavy atom. The van der Waals surface area contributed by atoms with E-state index in [4.69, 9.17) is 0 Å². The fourth-order valence-corrected chi connectivity index (χ4v) is 3.67. The van der Waals surface area contributed by atoms with Crippen LogP contribution >= 0.6 is 38.5 Å². The summed E-state index contributed by atoms with van der Waals surface area (Å²) < 4.78 is 1.94. The molecule has 0 aliphatic heterocycles. The summed E-state index contributed by atoms with van der Waals surface area (Å²) in [7, 11) is 0. The van der Waals surface area contributed by atoms with Gasteiger partial charge in [-0.1, -0.05) is 19.8 Å². The number of nitrogens with one attached hydrogen (secondary N) is 1. The van der Waals surface area contributed by atoms with E-state index in [1.807, 2.05) is 18.2 Å². The molecule has 1 aromatic carbocycles. The lowest BCUT2D eigenvalue weighted by molar-refractivity contribution is 0.0940. The van der Waals surface area contributed by atoms with Crippen molar-refractivity contribution in [1.82, 2.24) is 5.32 Å². The van der Waals surface area contributed by atoms with E-state index in [2.05, 4.69) is 50.8 Å². The maximum atomic E-state index is 12.2. The minimum absolute atomic E-state index is 0.0311. The first-order valence-corrected chi connectivity index (χ1v) is 8.66. The fourth-order valence-electron chi connectivity index (χ4n) is 2.75. The van der Waals surface area contributed by atoms with Gasteiger partial charge >= 0.3 is 0 Å². The van der Waals surface area contributed by atoms with Crippen molar-refractivity contribution in [3.05, 3.63) is 31.8 Å². The third kappa shape index (κ3) is 4.45. The molecule has 2 nitrogen and oxygen atoms in total. The third-order valence-corrected chi connectivity index (χ3v) is 5.13. The van der Waals surface area contributed by atoms with Crippen LogP contribution in [0.5, 0.6) is 0 Å². The maximum absolute atomic E-state index is 12.2. The van der Waals surface area contributed by atoms with Crippen LogP contribution in [0.3, 0.4) is 0 Å². The van der Waals surface area contributed by atoms with Crippen molar-refractivity contribution in [3.63, 3.8) is 0 Å². The van der Waals surface area contributed by atoms with Crippen LogP contribution in [0.2, 0.25) is 0 Å². The molecule has 0 saturated heterocycles. The Labute approximate surface area is 137 Å². The van der Waals surface area contributed by atoms with Gasteiger partial charge in [-0.3, -0.25) is 4.79 Å². The molecule has 4 heteroatoms. The molecule has 1 fully saturated rings. The highest BCUT2D eigenvalue weighted by molar-refractivity contribution is 14.1. The summed E-state index contributed by atoms with van der Waals surface area (Å²) in [6.45, 7) is 3.12. The van der Waals surface area contributed by atoms with E-state index in [1.165, 1.54) is 25.7 Å². The molecule has 1 saturated carbocycles. The molecule has 2 unspecified atom stereocenters. The first kappa shape index (κ1) is 15.3. The van der Waals surface area contributed by atoms with Gasteiger partial charge in [-0.15, -0.1) is 0 Å². The van der Waals surface area contributed by atoms with Crippen molar-refractivity contribution in [2.45, 2.75) is 32.6 Å². The lowest BCUT2D eigenvalue weighted by Crippen LogP contribution is -2.31. The molecule has 2 rings (SSSR count). The van der Waals surface area contributed by atoms with Crippen LogP contribution in [0, 0.1) is 15.4 Å². The standard InChI is InChI=1S/C15H19BrINO/c1-10-3-2-4-11(7-10)9-18-15(19)13-8-12(17)5-6-14(13)16/h5-6,8,10-11H,2-4,7,9H2,1H3,(H,18,19). The molecule has 0 spiro atoms. The van der Waals surface area contributed by atoms with Gasteiger partial charge in [-0.05, 0) is 81.4 Å². The molecule has 104 valence electrons. The molecule has 1 aromatic rings. The van der Waals surface area contributed by atoms with Crippen LogP contribution in [0.15, 0.2) is 22.7 Å². The Morgan fingerprint density at radius 2 is 2.26 bits per heavy atom. The molecule has 19 heavy (non-hydrogen) atoms. The van der Waals surface area contributed by atoms with E-state index in [9.17, 15) is 4.79 Å². The van der Waals surface area contributed by atoms with Gasteiger partial charge in [0.05, 0.1) is 5.56 Å². The predicted molar refractivity (Wildman–Crippen MR) is 90.3 cm³/mol. The molecule has 0 bridgehead atoms. The summed E-state index contributed by atoms with van der Waals surface area (Å²) in [5.41, 5.74) is 0.732. The van der Waals surface area contributed by atoms with Crippen LogP contribution in [0.1, 0.15) is 43.0 Å². The Kier molecular flexibility index (Phi) is 5.69. The van der Waals surface area contributed by atoms with Gasteiger partial charge < -0.3 is 5.32 Å². The average molecular weight is 436 g/mol. The molecule has 1 N–H and O–H groups in total. The monoisotopic (exact) mass is 435 g/mol. The fraction of sp³-hybridized carbons (Fsp3) is 0.533. The highest BCUT2D eigenvalue weighted by atomic mass is 127. The molecule has 1 aliphatic rings. The summed E-state index contributed by atoms with van der Waals surface area (Å²) >= 11 is 5.67. The van der Waals surface area contributed by atoms with Crippen molar-refractivity contribution < 1.29 is 4.79 Å². The smallest absolute Gasteiger partial charge is 0.252 e. The summed E-state index contributed by atoms with van der Waals surface area (Å²) in [6, 6.07) is 5.84. The van der Waals surface area contributed by atoms with Gasteiger partial charge in [-0.25, -0.2) is 0 Å².